The van der Waals surface area contributed by atoms with Gasteiger partial charge >= 0.3 is 0 Å². The van der Waals surface area contributed by atoms with Crippen LogP contribution < -0.4 is 5.32 Å². The fraction of sp³-hybridized carbons (Fsp3) is 1.00. The number of nitrogens with one attached hydrogen (secondary N) is 1. The first-order valence-corrected chi connectivity index (χ1v) is 6.00. The molecule has 0 spiro atoms. The number of hydrogen-bond acceptors (Lipinski definition) is 1. The molecule has 3 atom stereocenters. The van der Waals surface area contributed by atoms with Gasteiger partial charge in [0.2, 0.25) is 0 Å². The fourth-order valence-electron chi connectivity index (χ4n) is 2.36. The Kier molecular flexibility index (Phi) is 4.79. The lowest BCUT2D eigenvalue weighted by Gasteiger charge is -2.40. The lowest BCUT2D eigenvalue weighted by Crippen LogP contribution is -2.38. The molecule has 1 nitrogen and oxygen atoms in total. The van der Waals surface area contributed by atoms with Crippen molar-refractivity contribution >= 4 is 0 Å². The van der Waals surface area contributed by atoms with Crippen molar-refractivity contribution in [2.45, 2.75) is 46.5 Å². The first kappa shape index (κ1) is 11.0. The summed E-state index contributed by atoms with van der Waals surface area (Å²) in [6.07, 6.45) is 5.56. The van der Waals surface area contributed by atoms with E-state index in [0.717, 1.165) is 17.8 Å². The van der Waals surface area contributed by atoms with Crippen molar-refractivity contribution in [1.29, 1.82) is 0 Å². The van der Waals surface area contributed by atoms with E-state index >= 15 is 0 Å². The Balaban J connectivity index is 2.13. The van der Waals surface area contributed by atoms with E-state index in [4.69, 9.17) is 0 Å². The highest BCUT2D eigenvalue weighted by molar-refractivity contribution is 4.85. The third-order valence-corrected chi connectivity index (χ3v) is 3.68. The highest BCUT2D eigenvalue weighted by Gasteiger charge is 2.33. The quantitative estimate of drug-likeness (QED) is 0.624. The Morgan fingerprint density at radius 2 is 2.08 bits per heavy atom. The van der Waals surface area contributed by atoms with E-state index in [2.05, 4.69) is 26.1 Å². The van der Waals surface area contributed by atoms with Gasteiger partial charge in [-0.1, -0.05) is 27.2 Å². The van der Waals surface area contributed by atoms with Crippen LogP contribution in [0, 0.1) is 17.8 Å². The molecular formula is C12H25N. The summed E-state index contributed by atoms with van der Waals surface area (Å²) in [4.78, 5) is 0. The smallest absolute Gasteiger partial charge is 0.00178 e. The van der Waals surface area contributed by atoms with E-state index < -0.39 is 0 Å². The van der Waals surface area contributed by atoms with Gasteiger partial charge in [0.1, 0.15) is 0 Å². The summed E-state index contributed by atoms with van der Waals surface area (Å²) >= 11 is 0. The van der Waals surface area contributed by atoms with Gasteiger partial charge in [-0.05, 0) is 50.1 Å². The molecule has 13 heavy (non-hydrogen) atoms. The molecule has 1 fully saturated rings. The summed E-state index contributed by atoms with van der Waals surface area (Å²) in [5, 5.41) is 3.55. The molecule has 0 aliphatic heterocycles. The Morgan fingerprint density at radius 1 is 1.31 bits per heavy atom. The maximum atomic E-state index is 3.55. The van der Waals surface area contributed by atoms with E-state index in [1.165, 1.54) is 38.8 Å². The van der Waals surface area contributed by atoms with Crippen LogP contribution in [0.2, 0.25) is 0 Å². The third-order valence-electron chi connectivity index (χ3n) is 3.68. The van der Waals surface area contributed by atoms with Gasteiger partial charge in [0.25, 0.3) is 0 Å². The third kappa shape index (κ3) is 2.98. The Hall–Kier alpha value is -0.0400. The molecule has 0 aromatic rings. The zero-order valence-corrected chi connectivity index (χ0v) is 9.47. The zero-order valence-electron chi connectivity index (χ0n) is 9.47. The van der Waals surface area contributed by atoms with Gasteiger partial charge in [-0.2, -0.15) is 0 Å². The van der Waals surface area contributed by atoms with Crippen molar-refractivity contribution in [3.05, 3.63) is 0 Å². The lowest BCUT2D eigenvalue weighted by molar-refractivity contribution is 0.109. The largest absolute Gasteiger partial charge is 0.316 e. The fourth-order valence-corrected chi connectivity index (χ4v) is 2.36. The van der Waals surface area contributed by atoms with Crippen molar-refractivity contribution < 1.29 is 0 Å². The molecule has 0 aromatic heterocycles. The van der Waals surface area contributed by atoms with Crippen LogP contribution in [0.25, 0.3) is 0 Å². The number of rotatable bonds is 6. The van der Waals surface area contributed by atoms with E-state index in [1.54, 1.807) is 0 Å². The predicted octanol–water partition coefficient (Wildman–Crippen LogP) is 3.06. The van der Waals surface area contributed by atoms with Gasteiger partial charge in [0, 0.05) is 0 Å². The summed E-state index contributed by atoms with van der Waals surface area (Å²) in [7, 11) is 0. The minimum atomic E-state index is 0.946. The molecule has 78 valence electrons. The molecule has 1 saturated carbocycles. The van der Waals surface area contributed by atoms with E-state index in [-0.39, 0.29) is 0 Å². The van der Waals surface area contributed by atoms with E-state index in [0.29, 0.717) is 0 Å². The highest BCUT2D eigenvalue weighted by atomic mass is 14.9. The van der Waals surface area contributed by atoms with Gasteiger partial charge in [0.15, 0.2) is 0 Å². The Morgan fingerprint density at radius 3 is 2.54 bits per heavy atom. The minimum absolute atomic E-state index is 0.946. The highest BCUT2D eigenvalue weighted by Crippen LogP contribution is 2.40. The van der Waals surface area contributed by atoms with E-state index in [9.17, 15) is 0 Å². The van der Waals surface area contributed by atoms with Crippen LogP contribution in [0.4, 0.5) is 0 Å². The van der Waals surface area contributed by atoms with Crippen molar-refractivity contribution in [3.63, 3.8) is 0 Å². The van der Waals surface area contributed by atoms with Crippen molar-refractivity contribution in [1.82, 2.24) is 5.32 Å². The Labute approximate surface area is 83.3 Å². The zero-order chi connectivity index (χ0) is 9.68. The van der Waals surface area contributed by atoms with Crippen molar-refractivity contribution in [2.75, 3.05) is 13.1 Å². The minimum Gasteiger partial charge on any atom is -0.316 e. The second kappa shape index (κ2) is 5.64. The molecule has 1 aliphatic rings. The standard InChI is InChI=1S/C12H25N/c1-4-8-13-9-11-6-7-12(11)10(3)5-2/h10-13H,4-9H2,1-3H3. The Bertz CT molecular complexity index is 133. The van der Waals surface area contributed by atoms with Gasteiger partial charge in [-0.3, -0.25) is 0 Å². The van der Waals surface area contributed by atoms with Crippen molar-refractivity contribution in [2.24, 2.45) is 17.8 Å². The molecule has 1 rings (SSSR count). The summed E-state index contributed by atoms with van der Waals surface area (Å²) in [5.74, 6) is 2.96. The van der Waals surface area contributed by atoms with Crippen LogP contribution in [-0.2, 0) is 0 Å². The molecule has 0 radical (unpaired) electrons. The average molecular weight is 183 g/mol. The summed E-state index contributed by atoms with van der Waals surface area (Å²) in [6, 6.07) is 0. The lowest BCUT2D eigenvalue weighted by atomic mass is 9.67. The molecule has 3 unspecified atom stereocenters. The SMILES string of the molecule is CCCNCC1CCC1C(C)CC. The maximum absolute atomic E-state index is 3.55. The molecule has 0 aromatic carbocycles. The topological polar surface area (TPSA) is 12.0 Å². The van der Waals surface area contributed by atoms with E-state index in [1.807, 2.05) is 0 Å². The van der Waals surface area contributed by atoms with Gasteiger partial charge < -0.3 is 5.32 Å². The summed E-state index contributed by atoms with van der Waals surface area (Å²) in [5.41, 5.74) is 0. The van der Waals surface area contributed by atoms with Crippen LogP contribution in [0.1, 0.15) is 46.5 Å². The van der Waals surface area contributed by atoms with Gasteiger partial charge in [0.05, 0.1) is 0 Å². The van der Waals surface area contributed by atoms with Gasteiger partial charge in [-0.25, -0.2) is 0 Å². The molecule has 0 heterocycles. The van der Waals surface area contributed by atoms with Crippen LogP contribution in [-0.4, -0.2) is 13.1 Å². The summed E-state index contributed by atoms with van der Waals surface area (Å²) in [6.45, 7) is 9.43. The molecule has 0 amide bonds. The molecule has 1 N–H and O–H groups in total. The second-order valence-corrected chi connectivity index (χ2v) is 4.59. The normalized spacial score (nSPS) is 29.8. The first-order valence-electron chi connectivity index (χ1n) is 6.00. The van der Waals surface area contributed by atoms with Gasteiger partial charge in [-0.15, -0.1) is 0 Å². The van der Waals surface area contributed by atoms with Crippen LogP contribution in [0.3, 0.4) is 0 Å². The molecule has 0 saturated heterocycles. The predicted molar refractivity (Wildman–Crippen MR) is 58.8 cm³/mol. The molecule has 1 aliphatic carbocycles. The molecule has 1 heteroatoms. The maximum Gasteiger partial charge on any atom is -0.00178 e. The van der Waals surface area contributed by atoms with Crippen molar-refractivity contribution in [3.8, 4) is 0 Å². The monoisotopic (exact) mass is 183 g/mol. The average Bonchev–Trinajstić information content (AvgIpc) is 2.10. The van der Waals surface area contributed by atoms with Crippen LogP contribution in [0.15, 0.2) is 0 Å². The number of hydrogen-bond donors (Lipinski definition) is 1. The van der Waals surface area contributed by atoms with Crippen LogP contribution >= 0.6 is 0 Å². The molecular weight excluding hydrogens is 158 g/mol. The molecule has 0 bridgehead atoms. The first-order chi connectivity index (χ1) is 6.29. The second-order valence-electron chi connectivity index (χ2n) is 4.59. The summed E-state index contributed by atoms with van der Waals surface area (Å²) < 4.78 is 0. The van der Waals surface area contributed by atoms with Crippen LogP contribution in [0.5, 0.6) is 0 Å².